The average molecular weight is 561 g/mol. The van der Waals surface area contributed by atoms with Crippen molar-refractivity contribution in [2.24, 2.45) is 0 Å². The smallest absolute Gasteiger partial charge is 0.408 e. The summed E-state index contributed by atoms with van der Waals surface area (Å²) in [6, 6.07) is 11.6. The number of alkyl carbamates (subject to hydrolysis) is 1. The summed E-state index contributed by atoms with van der Waals surface area (Å²) < 4.78 is 5.79. The first-order chi connectivity index (χ1) is 17.8. The minimum atomic E-state index is -0.899. The molecule has 0 aromatic heterocycles. The molecule has 1 heterocycles. The number of thiocarbonyl (C=S) groups is 1. The summed E-state index contributed by atoms with van der Waals surface area (Å²) in [6.07, 6.45) is -0.00604. The van der Waals surface area contributed by atoms with Gasteiger partial charge in [-0.3, -0.25) is 14.9 Å². The van der Waals surface area contributed by atoms with E-state index in [1.807, 2.05) is 4.90 Å². The van der Waals surface area contributed by atoms with E-state index in [1.54, 1.807) is 49.9 Å². The van der Waals surface area contributed by atoms with Gasteiger partial charge < -0.3 is 25.0 Å². The number of piperazine rings is 1. The molecule has 2 unspecified atom stereocenters. The maximum absolute atomic E-state index is 13.7. The Bertz CT molecular complexity index is 1170. The molecule has 1 fully saturated rings. The van der Waals surface area contributed by atoms with E-state index >= 15 is 0 Å². The summed E-state index contributed by atoms with van der Waals surface area (Å²) in [4.78, 5) is 40.5. The third kappa shape index (κ3) is 8.32. The molecular weight excluding hydrogens is 528 g/mol. The average Bonchev–Trinajstić information content (AvgIpc) is 2.83. The second-order valence-electron chi connectivity index (χ2n) is 10.1. The maximum atomic E-state index is 13.7. The third-order valence-electron chi connectivity index (χ3n) is 6.02. The Hall–Kier alpha value is -3.38. The molecular formula is C26H32N4O6S2. The van der Waals surface area contributed by atoms with Gasteiger partial charge in [0.05, 0.1) is 11.0 Å². The molecule has 12 heteroatoms. The Morgan fingerprint density at radius 2 is 1.76 bits per heavy atom. The van der Waals surface area contributed by atoms with Crippen molar-refractivity contribution < 1.29 is 24.4 Å². The summed E-state index contributed by atoms with van der Waals surface area (Å²) in [5.41, 5.74) is 0.882. The van der Waals surface area contributed by atoms with Crippen LogP contribution in [0.5, 0.6) is 5.75 Å². The van der Waals surface area contributed by atoms with E-state index in [0.29, 0.717) is 30.4 Å². The summed E-state index contributed by atoms with van der Waals surface area (Å²) in [7, 11) is 0. The van der Waals surface area contributed by atoms with Gasteiger partial charge in [0.25, 0.3) is 5.69 Å². The second kappa shape index (κ2) is 12.4. The first-order valence-corrected chi connectivity index (χ1v) is 13.0. The van der Waals surface area contributed by atoms with Crippen LogP contribution in [0.1, 0.15) is 31.9 Å². The highest BCUT2D eigenvalue weighted by Crippen LogP contribution is 2.21. The minimum absolute atomic E-state index is 0.000982. The highest BCUT2D eigenvalue weighted by Gasteiger charge is 2.34. The van der Waals surface area contributed by atoms with Crippen molar-refractivity contribution in [2.75, 3.05) is 19.6 Å². The van der Waals surface area contributed by atoms with Crippen LogP contribution in [0.2, 0.25) is 0 Å². The number of amides is 2. The molecule has 1 saturated heterocycles. The van der Waals surface area contributed by atoms with Gasteiger partial charge in [0.1, 0.15) is 21.7 Å². The molecule has 1 aliphatic rings. The highest BCUT2D eigenvalue weighted by atomic mass is 32.1. The Kier molecular flexibility index (Phi) is 9.55. The van der Waals surface area contributed by atoms with E-state index in [0.717, 1.165) is 11.1 Å². The van der Waals surface area contributed by atoms with E-state index in [4.69, 9.17) is 17.0 Å². The molecule has 0 aliphatic carbocycles. The molecule has 1 aliphatic heterocycles. The van der Waals surface area contributed by atoms with Crippen LogP contribution in [-0.4, -0.2) is 73.5 Å². The van der Waals surface area contributed by atoms with Gasteiger partial charge in [0, 0.05) is 38.2 Å². The van der Waals surface area contributed by atoms with Crippen molar-refractivity contribution in [3.63, 3.8) is 0 Å². The van der Waals surface area contributed by atoms with Gasteiger partial charge in [0.2, 0.25) is 5.91 Å². The summed E-state index contributed by atoms with van der Waals surface area (Å²) in [5, 5.41) is 23.3. The van der Waals surface area contributed by atoms with Crippen LogP contribution in [0.3, 0.4) is 0 Å². The Morgan fingerprint density at radius 3 is 2.32 bits per heavy atom. The number of ether oxygens (including phenoxy) is 1. The lowest BCUT2D eigenvalue weighted by Gasteiger charge is -2.43. The summed E-state index contributed by atoms with van der Waals surface area (Å²) in [6.45, 7) is 6.37. The number of hydrogen-bond donors (Lipinski definition) is 3. The lowest BCUT2D eigenvalue weighted by molar-refractivity contribution is -0.384. The summed E-state index contributed by atoms with van der Waals surface area (Å²) >= 11 is 9.69. The molecule has 38 heavy (non-hydrogen) atoms. The van der Waals surface area contributed by atoms with Crippen LogP contribution < -0.4 is 5.32 Å². The third-order valence-corrected chi connectivity index (χ3v) is 6.52. The van der Waals surface area contributed by atoms with E-state index in [1.165, 1.54) is 24.3 Å². The molecule has 0 saturated carbocycles. The minimum Gasteiger partial charge on any atom is -0.508 e. The van der Waals surface area contributed by atoms with Gasteiger partial charge in [-0.25, -0.2) is 4.79 Å². The number of carbonyl (C=O) groups excluding carboxylic acids is 2. The number of rotatable bonds is 7. The predicted octanol–water partition coefficient (Wildman–Crippen LogP) is 3.71. The Labute approximate surface area is 232 Å². The largest absolute Gasteiger partial charge is 0.508 e. The fraction of sp³-hybridized carbons (Fsp3) is 0.423. The molecule has 0 spiro atoms. The van der Waals surface area contributed by atoms with Gasteiger partial charge in [-0.05, 0) is 50.5 Å². The van der Waals surface area contributed by atoms with Crippen molar-refractivity contribution in [3.05, 3.63) is 69.8 Å². The number of phenolic OH excluding ortho intramolecular Hbond substituents is 1. The number of phenols is 1. The van der Waals surface area contributed by atoms with Crippen molar-refractivity contribution in [1.29, 1.82) is 0 Å². The number of nitro groups is 1. The molecule has 2 N–H and O–H groups in total. The Morgan fingerprint density at radius 1 is 1.16 bits per heavy atom. The van der Waals surface area contributed by atoms with Crippen LogP contribution in [0, 0.1) is 10.1 Å². The fourth-order valence-electron chi connectivity index (χ4n) is 4.25. The monoisotopic (exact) mass is 560 g/mol. The first-order valence-electron chi connectivity index (χ1n) is 12.1. The van der Waals surface area contributed by atoms with E-state index < -0.39 is 22.7 Å². The van der Waals surface area contributed by atoms with Crippen molar-refractivity contribution in [2.45, 2.75) is 51.3 Å². The van der Waals surface area contributed by atoms with Crippen LogP contribution in [-0.2, 0) is 22.4 Å². The number of non-ortho nitro benzene ring substituents is 1. The normalized spacial score (nSPS) is 16.5. The fourth-order valence-corrected chi connectivity index (χ4v) is 4.75. The highest BCUT2D eigenvalue weighted by molar-refractivity contribution is 8.10. The number of carbonyl (C=O) groups is 2. The number of benzene rings is 2. The molecule has 2 aromatic rings. The Balaban J connectivity index is 1.80. The number of thiol groups is 1. The first kappa shape index (κ1) is 29.2. The van der Waals surface area contributed by atoms with Crippen LogP contribution in [0.25, 0.3) is 0 Å². The molecule has 0 radical (unpaired) electrons. The van der Waals surface area contributed by atoms with Gasteiger partial charge >= 0.3 is 6.09 Å². The standard InChI is InChI=1S/C26H32N4O6S2/c1-26(2,3)36-24(33)27-22(15-18-6-10-21(31)11-7-18)23(32)28-12-13-29(25(37)38)20(16-28)14-17-4-8-19(9-5-17)30(34)35/h4-11,20,22,31H,12-16H2,1-3H3,(H,27,33)(H,37,38). The summed E-state index contributed by atoms with van der Waals surface area (Å²) in [5.74, 6) is -0.174. The predicted molar refractivity (Wildman–Crippen MR) is 150 cm³/mol. The van der Waals surface area contributed by atoms with E-state index in [2.05, 4.69) is 17.9 Å². The SMILES string of the molecule is CC(C)(C)OC(=O)NC(Cc1ccc(O)cc1)C(=O)N1CCN(C(=S)S)C(Cc2ccc([N+](=O)[O-])cc2)C1. The molecule has 0 bridgehead atoms. The number of nitro benzene ring substituents is 1. The zero-order valence-corrected chi connectivity index (χ0v) is 23.2. The van der Waals surface area contributed by atoms with Crippen molar-refractivity contribution in [1.82, 2.24) is 15.1 Å². The van der Waals surface area contributed by atoms with E-state index in [-0.39, 0.29) is 29.8 Å². The topological polar surface area (TPSA) is 125 Å². The van der Waals surface area contributed by atoms with Gasteiger partial charge in [-0.2, -0.15) is 0 Å². The lowest BCUT2D eigenvalue weighted by Crippen LogP contribution is -2.60. The molecule has 2 amide bonds. The van der Waals surface area contributed by atoms with Gasteiger partial charge in [-0.1, -0.05) is 36.5 Å². The molecule has 2 atom stereocenters. The van der Waals surface area contributed by atoms with E-state index in [9.17, 15) is 24.8 Å². The van der Waals surface area contributed by atoms with Crippen LogP contribution in [0.4, 0.5) is 10.5 Å². The van der Waals surface area contributed by atoms with Crippen molar-refractivity contribution >= 4 is 46.9 Å². The number of nitrogens with one attached hydrogen (secondary N) is 1. The lowest BCUT2D eigenvalue weighted by atomic mass is 10.00. The quantitative estimate of drug-likeness (QED) is 0.203. The molecule has 204 valence electrons. The second-order valence-corrected chi connectivity index (χ2v) is 11.2. The molecule has 3 rings (SSSR count). The molecule has 10 nitrogen and oxygen atoms in total. The van der Waals surface area contributed by atoms with Crippen LogP contribution in [0.15, 0.2) is 48.5 Å². The maximum Gasteiger partial charge on any atom is 0.408 e. The zero-order valence-electron chi connectivity index (χ0n) is 21.5. The zero-order chi connectivity index (χ0) is 28.0. The van der Waals surface area contributed by atoms with Gasteiger partial charge in [0.15, 0.2) is 0 Å². The number of hydrogen-bond acceptors (Lipinski definition) is 7. The number of nitrogens with zero attached hydrogens (tertiary/aromatic N) is 3. The number of aromatic hydroxyl groups is 1. The van der Waals surface area contributed by atoms with Crippen molar-refractivity contribution in [3.8, 4) is 5.75 Å². The molecule has 2 aromatic carbocycles. The van der Waals surface area contributed by atoms with Gasteiger partial charge in [-0.15, -0.1) is 12.6 Å². The van der Waals surface area contributed by atoms with Crippen LogP contribution >= 0.6 is 24.8 Å².